The SMILES string of the molecule is N#C/C=C(/c1ccc(C(F)(F)F)cc1)c1ccccn1. The molecule has 0 amide bonds. The van der Waals surface area contributed by atoms with Crippen LogP contribution in [0.25, 0.3) is 5.57 Å². The minimum absolute atomic E-state index is 0.488. The van der Waals surface area contributed by atoms with Gasteiger partial charge in [-0.2, -0.15) is 18.4 Å². The molecular weight excluding hydrogens is 265 g/mol. The molecule has 2 nitrogen and oxygen atoms in total. The van der Waals surface area contributed by atoms with E-state index in [0.717, 1.165) is 12.1 Å². The molecule has 100 valence electrons. The molecule has 2 rings (SSSR count). The predicted octanol–water partition coefficient (Wildman–Crippen LogP) is 4.06. The lowest BCUT2D eigenvalue weighted by Gasteiger charge is -2.09. The summed E-state index contributed by atoms with van der Waals surface area (Å²) in [7, 11) is 0. The van der Waals surface area contributed by atoms with Crippen LogP contribution in [0.3, 0.4) is 0 Å². The first-order valence-electron chi connectivity index (χ1n) is 5.71. The van der Waals surface area contributed by atoms with Crippen LogP contribution in [0.15, 0.2) is 54.7 Å². The topological polar surface area (TPSA) is 36.7 Å². The number of hydrogen-bond acceptors (Lipinski definition) is 2. The van der Waals surface area contributed by atoms with E-state index in [4.69, 9.17) is 5.26 Å². The molecule has 0 spiro atoms. The highest BCUT2D eigenvalue weighted by molar-refractivity contribution is 5.79. The molecule has 1 aromatic heterocycles. The average molecular weight is 274 g/mol. The van der Waals surface area contributed by atoms with Crippen molar-refractivity contribution < 1.29 is 13.2 Å². The molecule has 0 aliphatic rings. The third-order valence-corrected chi connectivity index (χ3v) is 2.67. The van der Waals surface area contributed by atoms with Crippen molar-refractivity contribution >= 4 is 5.57 Å². The van der Waals surface area contributed by atoms with Crippen LogP contribution in [0.5, 0.6) is 0 Å². The van der Waals surface area contributed by atoms with Gasteiger partial charge in [-0.15, -0.1) is 0 Å². The quantitative estimate of drug-likeness (QED) is 0.774. The van der Waals surface area contributed by atoms with Gasteiger partial charge >= 0.3 is 6.18 Å². The zero-order valence-corrected chi connectivity index (χ0v) is 10.2. The number of hydrogen-bond donors (Lipinski definition) is 0. The summed E-state index contributed by atoms with van der Waals surface area (Å²) in [6.45, 7) is 0. The molecular formula is C15H9F3N2. The van der Waals surface area contributed by atoms with E-state index in [0.29, 0.717) is 16.8 Å². The number of benzene rings is 1. The van der Waals surface area contributed by atoms with Crippen LogP contribution < -0.4 is 0 Å². The Morgan fingerprint density at radius 2 is 1.80 bits per heavy atom. The Bertz CT molecular complexity index is 650. The molecule has 1 heterocycles. The highest BCUT2D eigenvalue weighted by Crippen LogP contribution is 2.30. The van der Waals surface area contributed by atoms with Gasteiger partial charge in [0.25, 0.3) is 0 Å². The van der Waals surface area contributed by atoms with E-state index in [1.807, 2.05) is 6.07 Å². The Morgan fingerprint density at radius 3 is 2.30 bits per heavy atom. The van der Waals surface area contributed by atoms with E-state index in [1.165, 1.54) is 18.2 Å². The summed E-state index contributed by atoms with van der Waals surface area (Å²) in [6, 6.07) is 11.7. The van der Waals surface area contributed by atoms with E-state index < -0.39 is 11.7 Å². The fraction of sp³-hybridized carbons (Fsp3) is 0.0667. The van der Waals surface area contributed by atoms with Crippen LogP contribution in [0.2, 0.25) is 0 Å². The summed E-state index contributed by atoms with van der Waals surface area (Å²) >= 11 is 0. The van der Waals surface area contributed by atoms with Gasteiger partial charge in [0.1, 0.15) is 0 Å². The van der Waals surface area contributed by atoms with Gasteiger partial charge in [0.2, 0.25) is 0 Å². The lowest BCUT2D eigenvalue weighted by atomic mass is 10.0. The minimum Gasteiger partial charge on any atom is -0.256 e. The Labute approximate surface area is 113 Å². The van der Waals surface area contributed by atoms with Crippen molar-refractivity contribution in [2.24, 2.45) is 0 Å². The summed E-state index contributed by atoms with van der Waals surface area (Å²) in [5.74, 6) is 0. The first kappa shape index (κ1) is 13.8. The number of nitrogens with zero attached hydrogens (tertiary/aromatic N) is 2. The van der Waals surface area contributed by atoms with Gasteiger partial charge in [0, 0.05) is 17.8 Å². The van der Waals surface area contributed by atoms with Crippen molar-refractivity contribution in [1.82, 2.24) is 4.98 Å². The molecule has 0 saturated carbocycles. The largest absolute Gasteiger partial charge is 0.416 e. The van der Waals surface area contributed by atoms with Crippen molar-refractivity contribution in [3.05, 3.63) is 71.6 Å². The van der Waals surface area contributed by atoms with Crippen LogP contribution in [0.1, 0.15) is 16.8 Å². The highest BCUT2D eigenvalue weighted by Gasteiger charge is 2.30. The molecule has 5 heteroatoms. The van der Waals surface area contributed by atoms with Crippen molar-refractivity contribution in [2.75, 3.05) is 0 Å². The first-order chi connectivity index (χ1) is 9.52. The standard InChI is InChI=1S/C15H9F3N2/c16-15(17,18)12-6-4-11(5-7-12)13(8-9-19)14-3-1-2-10-20-14/h1-8,10H/b13-8-. The normalized spacial score (nSPS) is 12.0. The highest BCUT2D eigenvalue weighted by atomic mass is 19.4. The summed E-state index contributed by atoms with van der Waals surface area (Å²) in [5, 5.41) is 8.81. The maximum Gasteiger partial charge on any atom is 0.416 e. The van der Waals surface area contributed by atoms with Gasteiger partial charge < -0.3 is 0 Å². The van der Waals surface area contributed by atoms with E-state index >= 15 is 0 Å². The second kappa shape index (κ2) is 5.57. The number of rotatable bonds is 2. The maximum absolute atomic E-state index is 12.5. The van der Waals surface area contributed by atoms with E-state index in [9.17, 15) is 13.2 Å². The number of alkyl halides is 3. The summed E-state index contributed by atoms with van der Waals surface area (Å²) < 4.78 is 37.5. The lowest BCUT2D eigenvalue weighted by molar-refractivity contribution is -0.137. The monoisotopic (exact) mass is 274 g/mol. The Kier molecular flexibility index (Phi) is 3.85. The minimum atomic E-state index is -4.37. The summed E-state index contributed by atoms with van der Waals surface area (Å²) in [5.41, 5.74) is 0.812. The van der Waals surface area contributed by atoms with Crippen LogP contribution in [0.4, 0.5) is 13.2 Å². The van der Waals surface area contributed by atoms with Gasteiger partial charge in [-0.05, 0) is 29.8 Å². The molecule has 2 aromatic rings. The maximum atomic E-state index is 12.5. The molecule has 1 aromatic carbocycles. The Hall–Kier alpha value is -2.61. The van der Waals surface area contributed by atoms with Crippen molar-refractivity contribution in [1.29, 1.82) is 5.26 Å². The molecule has 0 N–H and O–H groups in total. The van der Waals surface area contributed by atoms with Gasteiger partial charge in [-0.1, -0.05) is 18.2 Å². The molecule has 0 atom stereocenters. The van der Waals surface area contributed by atoms with Crippen LogP contribution >= 0.6 is 0 Å². The van der Waals surface area contributed by atoms with Gasteiger partial charge in [-0.25, -0.2) is 0 Å². The zero-order chi connectivity index (χ0) is 14.6. The second-order valence-electron chi connectivity index (χ2n) is 3.98. The first-order valence-corrected chi connectivity index (χ1v) is 5.71. The number of pyridine rings is 1. The molecule has 0 aliphatic heterocycles. The van der Waals surface area contributed by atoms with Gasteiger partial charge in [0.15, 0.2) is 0 Å². The van der Waals surface area contributed by atoms with E-state index in [2.05, 4.69) is 4.98 Å². The van der Waals surface area contributed by atoms with Crippen molar-refractivity contribution in [3.8, 4) is 6.07 Å². The number of nitriles is 1. The third-order valence-electron chi connectivity index (χ3n) is 2.67. The van der Waals surface area contributed by atoms with Crippen LogP contribution in [0, 0.1) is 11.3 Å². The smallest absolute Gasteiger partial charge is 0.256 e. The zero-order valence-electron chi connectivity index (χ0n) is 10.2. The number of aromatic nitrogens is 1. The molecule has 0 radical (unpaired) electrons. The van der Waals surface area contributed by atoms with Crippen molar-refractivity contribution in [3.63, 3.8) is 0 Å². The van der Waals surface area contributed by atoms with Crippen molar-refractivity contribution in [2.45, 2.75) is 6.18 Å². The van der Waals surface area contributed by atoms with Gasteiger partial charge in [-0.3, -0.25) is 4.98 Å². The Balaban J connectivity index is 2.43. The summed E-state index contributed by atoms with van der Waals surface area (Å²) in [4.78, 5) is 4.10. The Morgan fingerprint density at radius 1 is 1.10 bits per heavy atom. The van der Waals surface area contributed by atoms with E-state index in [-0.39, 0.29) is 0 Å². The van der Waals surface area contributed by atoms with Gasteiger partial charge in [0.05, 0.1) is 17.3 Å². The molecule has 0 fully saturated rings. The number of allylic oxidation sites excluding steroid dienone is 1. The molecule has 0 aliphatic carbocycles. The number of halogens is 3. The fourth-order valence-electron chi connectivity index (χ4n) is 1.73. The fourth-order valence-corrected chi connectivity index (χ4v) is 1.73. The summed E-state index contributed by atoms with van der Waals surface area (Å²) in [6.07, 6.45) is -1.54. The molecule has 20 heavy (non-hydrogen) atoms. The third kappa shape index (κ3) is 3.04. The molecule has 0 saturated heterocycles. The average Bonchev–Trinajstić information content (AvgIpc) is 2.45. The second-order valence-corrected chi connectivity index (χ2v) is 3.98. The molecule has 0 unspecified atom stereocenters. The predicted molar refractivity (Wildman–Crippen MR) is 68.4 cm³/mol. The van der Waals surface area contributed by atoms with Crippen LogP contribution in [-0.2, 0) is 6.18 Å². The molecule has 0 bridgehead atoms. The van der Waals surface area contributed by atoms with E-state index in [1.54, 1.807) is 24.4 Å². The van der Waals surface area contributed by atoms with Crippen LogP contribution in [-0.4, -0.2) is 4.98 Å². The lowest BCUT2D eigenvalue weighted by Crippen LogP contribution is -2.04.